The average molecular weight is 328 g/mol. The lowest BCUT2D eigenvalue weighted by atomic mass is 10.1. The largest absolute Gasteiger partial charge is 0.487 e. The lowest BCUT2D eigenvalue weighted by molar-refractivity contribution is 0.0492. The molecule has 0 aromatic heterocycles. The molecule has 3 rings (SSSR count). The summed E-state index contributed by atoms with van der Waals surface area (Å²) in [6, 6.07) is 9.90. The maximum absolute atomic E-state index is 12.9. The second kappa shape index (κ2) is 6.51. The van der Waals surface area contributed by atoms with E-state index in [-0.39, 0.29) is 18.0 Å². The molecule has 1 fully saturated rings. The van der Waals surface area contributed by atoms with Gasteiger partial charge in [-0.2, -0.15) is 0 Å². The van der Waals surface area contributed by atoms with E-state index < -0.39 is 0 Å². The number of halogens is 1. The van der Waals surface area contributed by atoms with Crippen LogP contribution in [0.1, 0.15) is 16.7 Å². The minimum atomic E-state index is -0.291. The highest BCUT2D eigenvalue weighted by Crippen LogP contribution is 2.24. The van der Waals surface area contributed by atoms with E-state index in [9.17, 15) is 9.18 Å². The highest BCUT2D eigenvalue weighted by Gasteiger charge is 2.32. The average Bonchev–Trinajstić information content (AvgIpc) is 2.48. The molecule has 0 saturated carbocycles. The zero-order valence-electron chi connectivity index (χ0n) is 14.1. The number of likely N-dealkylation sites (tertiary alicyclic amines) is 1. The zero-order valence-corrected chi connectivity index (χ0v) is 14.1. The normalized spacial score (nSPS) is 14.2. The van der Waals surface area contributed by atoms with Crippen molar-refractivity contribution in [2.45, 2.75) is 26.9 Å². The fourth-order valence-corrected chi connectivity index (χ4v) is 2.95. The van der Waals surface area contributed by atoms with Gasteiger partial charge in [0, 0.05) is 5.69 Å². The van der Waals surface area contributed by atoms with Gasteiger partial charge in [-0.15, -0.1) is 0 Å². The Morgan fingerprint density at radius 2 is 1.71 bits per heavy atom. The molecule has 0 radical (unpaired) electrons. The van der Waals surface area contributed by atoms with Gasteiger partial charge >= 0.3 is 6.03 Å². The van der Waals surface area contributed by atoms with E-state index >= 15 is 0 Å². The Kier molecular flexibility index (Phi) is 4.42. The van der Waals surface area contributed by atoms with Gasteiger partial charge in [-0.05, 0) is 56.2 Å². The Bertz CT molecular complexity index is 729. The Balaban J connectivity index is 1.54. The molecule has 0 aliphatic carbocycles. The molecule has 126 valence electrons. The smallest absolute Gasteiger partial charge is 0.322 e. The van der Waals surface area contributed by atoms with E-state index in [0.29, 0.717) is 18.8 Å². The van der Waals surface area contributed by atoms with Gasteiger partial charge in [-0.3, -0.25) is 0 Å². The van der Waals surface area contributed by atoms with E-state index in [4.69, 9.17) is 4.74 Å². The monoisotopic (exact) mass is 328 g/mol. The first-order valence-electron chi connectivity index (χ1n) is 7.98. The number of ether oxygens (including phenoxy) is 1. The number of aryl methyl sites for hydroxylation is 3. The molecule has 1 heterocycles. The van der Waals surface area contributed by atoms with E-state index in [0.717, 1.165) is 16.8 Å². The molecule has 1 aliphatic heterocycles. The van der Waals surface area contributed by atoms with Gasteiger partial charge in [-0.1, -0.05) is 17.7 Å². The number of carbonyl (C=O) groups excluding carboxylic acids is 1. The summed E-state index contributed by atoms with van der Waals surface area (Å²) in [5.41, 5.74) is 4.16. The van der Waals surface area contributed by atoms with Crippen LogP contribution >= 0.6 is 0 Å². The summed E-state index contributed by atoms with van der Waals surface area (Å²) in [5.74, 6) is 0.326. The molecule has 2 aromatic rings. The van der Waals surface area contributed by atoms with E-state index in [1.54, 1.807) is 17.0 Å². The van der Waals surface area contributed by atoms with Gasteiger partial charge < -0.3 is 15.0 Å². The van der Waals surface area contributed by atoms with Gasteiger partial charge in [-0.25, -0.2) is 9.18 Å². The molecule has 24 heavy (non-hydrogen) atoms. The van der Waals surface area contributed by atoms with Crippen LogP contribution in [0.4, 0.5) is 14.9 Å². The standard InChI is InChI=1S/C19H21FN2O2/c1-12-8-13(2)18(14(3)9-12)21-19(23)22-10-17(11-22)24-16-6-4-15(20)5-7-16/h4-9,17H,10-11H2,1-3H3,(H,21,23). The van der Waals surface area contributed by atoms with Crippen LogP contribution in [0.5, 0.6) is 5.75 Å². The topological polar surface area (TPSA) is 41.6 Å². The van der Waals surface area contributed by atoms with Crippen LogP contribution in [0.15, 0.2) is 36.4 Å². The molecule has 4 nitrogen and oxygen atoms in total. The van der Waals surface area contributed by atoms with Crippen molar-refractivity contribution in [3.8, 4) is 5.75 Å². The van der Waals surface area contributed by atoms with Crippen molar-refractivity contribution in [1.82, 2.24) is 4.90 Å². The van der Waals surface area contributed by atoms with Crippen LogP contribution in [0.2, 0.25) is 0 Å². The number of benzene rings is 2. The van der Waals surface area contributed by atoms with Crippen LogP contribution in [0.25, 0.3) is 0 Å². The molecular weight excluding hydrogens is 307 g/mol. The number of hydrogen-bond acceptors (Lipinski definition) is 2. The fourth-order valence-electron chi connectivity index (χ4n) is 2.95. The first kappa shape index (κ1) is 16.3. The van der Waals surface area contributed by atoms with Crippen molar-refractivity contribution >= 4 is 11.7 Å². The minimum absolute atomic E-state index is 0.0542. The first-order valence-corrected chi connectivity index (χ1v) is 7.98. The van der Waals surface area contributed by atoms with Gasteiger partial charge in [0.05, 0.1) is 13.1 Å². The summed E-state index contributed by atoms with van der Waals surface area (Å²) in [4.78, 5) is 14.0. The first-order chi connectivity index (χ1) is 11.4. The summed E-state index contributed by atoms with van der Waals surface area (Å²) < 4.78 is 18.6. The van der Waals surface area contributed by atoms with E-state index in [1.807, 2.05) is 20.8 Å². The van der Waals surface area contributed by atoms with Crippen molar-refractivity contribution in [1.29, 1.82) is 0 Å². The summed E-state index contributed by atoms with van der Waals surface area (Å²) in [5, 5.41) is 2.98. The maximum atomic E-state index is 12.9. The van der Waals surface area contributed by atoms with Crippen LogP contribution in [0, 0.1) is 26.6 Å². The lowest BCUT2D eigenvalue weighted by Gasteiger charge is -2.39. The fraction of sp³-hybridized carbons (Fsp3) is 0.316. The Labute approximate surface area is 141 Å². The Morgan fingerprint density at radius 3 is 2.29 bits per heavy atom. The highest BCUT2D eigenvalue weighted by atomic mass is 19.1. The number of amides is 2. The minimum Gasteiger partial charge on any atom is -0.487 e. The van der Waals surface area contributed by atoms with Crippen LogP contribution in [0.3, 0.4) is 0 Å². The molecular formula is C19H21FN2O2. The third-order valence-electron chi connectivity index (χ3n) is 4.16. The molecule has 0 spiro atoms. The summed E-state index contributed by atoms with van der Waals surface area (Å²) in [6.07, 6.45) is -0.0542. The number of carbonyl (C=O) groups is 1. The Hall–Kier alpha value is -2.56. The van der Waals surface area contributed by atoms with Crippen molar-refractivity contribution < 1.29 is 13.9 Å². The SMILES string of the molecule is Cc1cc(C)c(NC(=O)N2CC(Oc3ccc(F)cc3)C2)c(C)c1. The zero-order chi connectivity index (χ0) is 17.3. The molecule has 1 aliphatic rings. The van der Waals surface area contributed by atoms with Crippen LogP contribution in [-0.2, 0) is 0 Å². The number of hydrogen-bond donors (Lipinski definition) is 1. The maximum Gasteiger partial charge on any atom is 0.322 e. The third kappa shape index (κ3) is 3.50. The van der Waals surface area contributed by atoms with Gasteiger partial charge in [0.15, 0.2) is 0 Å². The quantitative estimate of drug-likeness (QED) is 0.923. The molecule has 1 N–H and O–H groups in total. The molecule has 2 aromatic carbocycles. The lowest BCUT2D eigenvalue weighted by Crippen LogP contribution is -2.57. The second-order valence-electron chi connectivity index (χ2n) is 6.30. The summed E-state index contributed by atoms with van der Waals surface area (Å²) >= 11 is 0. The summed E-state index contributed by atoms with van der Waals surface area (Å²) in [7, 11) is 0. The predicted octanol–water partition coefficient (Wildman–Crippen LogP) is 4.05. The van der Waals surface area contributed by atoms with Gasteiger partial charge in [0.1, 0.15) is 17.7 Å². The summed E-state index contributed by atoms with van der Waals surface area (Å²) in [6.45, 7) is 7.07. The third-order valence-corrected chi connectivity index (χ3v) is 4.16. The highest BCUT2D eigenvalue weighted by molar-refractivity contribution is 5.91. The molecule has 1 saturated heterocycles. The van der Waals surface area contributed by atoms with Crippen molar-refractivity contribution in [3.63, 3.8) is 0 Å². The molecule has 0 bridgehead atoms. The Morgan fingerprint density at radius 1 is 1.12 bits per heavy atom. The molecule has 0 atom stereocenters. The van der Waals surface area contributed by atoms with Crippen molar-refractivity contribution in [2.75, 3.05) is 18.4 Å². The molecule has 2 amide bonds. The number of urea groups is 1. The number of anilines is 1. The molecule has 0 unspecified atom stereocenters. The second-order valence-corrected chi connectivity index (χ2v) is 6.30. The van der Waals surface area contributed by atoms with Crippen molar-refractivity contribution in [3.05, 3.63) is 58.9 Å². The van der Waals surface area contributed by atoms with E-state index in [1.165, 1.54) is 17.7 Å². The van der Waals surface area contributed by atoms with E-state index in [2.05, 4.69) is 17.4 Å². The number of nitrogens with zero attached hydrogens (tertiary/aromatic N) is 1. The molecule has 5 heteroatoms. The number of nitrogens with one attached hydrogen (secondary N) is 1. The predicted molar refractivity (Wildman–Crippen MR) is 92.1 cm³/mol. The van der Waals surface area contributed by atoms with Crippen molar-refractivity contribution in [2.24, 2.45) is 0 Å². The van der Waals surface area contributed by atoms with Gasteiger partial charge in [0.2, 0.25) is 0 Å². The number of rotatable bonds is 3. The van der Waals surface area contributed by atoms with Crippen LogP contribution < -0.4 is 10.1 Å². The van der Waals surface area contributed by atoms with Gasteiger partial charge in [0.25, 0.3) is 0 Å². The van der Waals surface area contributed by atoms with Crippen LogP contribution in [-0.4, -0.2) is 30.1 Å².